The molecule has 26 heavy (non-hydrogen) atoms. The van der Waals surface area contributed by atoms with Crippen LogP contribution < -0.4 is 21.2 Å². The molecule has 2 aromatic rings. The zero-order valence-corrected chi connectivity index (χ0v) is 14.8. The molecule has 2 N–H and O–H groups in total. The van der Waals surface area contributed by atoms with Crippen LogP contribution in [0.3, 0.4) is 0 Å². The SMILES string of the molecule is CCn1c(=O)n(C2CCC(=O)NC2=O)c2cccc(N3CCNCC3)c21. The van der Waals surface area contributed by atoms with Gasteiger partial charge in [0.2, 0.25) is 11.8 Å². The van der Waals surface area contributed by atoms with Crippen molar-refractivity contribution >= 4 is 28.5 Å². The van der Waals surface area contributed by atoms with E-state index in [2.05, 4.69) is 15.5 Å². The van der Waals surface area contributed by atoms with Crippen molar-refractivity contribution in [3.8, 4) is 0 Å². The van der Waals surface area contributed by atoms with E-state index in [0.29, 0.717) is 13.0 Å². The summed E-state index contributed by atoms with van der Waals surface area (Å²) in [5.41, 5.74) is 2.45. The Labute approximate surface area is 150 Å². The van der Waals surface area contributed by atoms with Gasteiger partial charge in [0.25, 0.3) is 0 Å². The Kier molecular flexibility index (Phi) is 4.28. The molecule has 0 aliphatic carbocycles. The van der Waals surface area contributed by atoms with Gasteiger partial charge >= 0.3 is 5.69 Å². The van der Waals surface area contributed by atoms with Crippen molar-refractivity contribution in [3.63, 3.8) is 0 Å². The predicted octanol–water partition coefficient (Wildman–Crippen LogP) is 0.210. The number of imidazole rings is 1. The standard InChI is InChI=1S/C18H23N5O3/c1-2-22-16-12(21-10-8-19-9-11-21)4-3-5-13(16)23(18(22)26)14-6-7-15(24)20-17(14)25/h3-5,14,19H,2,6-11H2,1H3,(H,20,24,25). The number of imide groups is 1. The molecule has 3 heterocycles. The highest BCUT2D eigenvalue weighted by atomic mass is 16.2. The number of carbonyl (C=O) groups is 2. The number of amides is 2. The van der Waals surface area contributed by atoms with Crippen molar-refractivity contribution in [2.24, 2.45) is 0 Å². The number of aromatic nitrogens is 2. The average Bonchev–Trinajstić information content (AvgIpc) is 2.94. The number of fused-ring (bicyclic) bond motifs is 1. The minimum Gasteiger partial charge on any atom is -0.367 e. The van der Waals surface area contributed by atoms with Gasteiger partial charge in [-0.25, -0.2) is 4.79 Å². The number of piperazine rings is 1. The van der Waals surface area contributed by atoms with Crippen molar-refractivity contribution < 1.29 is 9.59 Å². The fourth-order valence-corrected chi connectivity index (χ4v) is 4.00. The normalized spacial score (nSPS) is 21.3. The van der Waals surface area contributed by atoms with Gasteiger partial charge in [-0.2, -0.15) is 0 Å². The highest BCUT2D eigenvalue weighted by Crippen LogP contribution is 2.30. The number of hydrogen-bond donors (Lipinski definition) is 2. The maximum Gasteiger partial charge on any atom is 0.329 e. The molecule has 0 radical (unpaired) electrons. The Morgan fingerprint density at radius 1 is 1.15 bits per heavy atom. The summed E-state index contributed by atoms with van der Waals surface area (Å²) in [6.45, 7) is 6.02. The fraction of sp³-hybridized carbons (Fsp3) is 0.500. The number of hydrogen-bond acceptors (Lipinski definition) is 5. The molecule has 1 unspecified atom stereocenters. The van der Waals surface area contributed by atoms with Crippen molar-refractivity contribution in [3.05, 3.63) is 28.7 Å². The highest BCUT2D eigenvalue weighted by molar-refractivity contribution is 6.00. The zero-order valence-electron chi connectivity index (χ0n) is 14.8. The summed E-state index contributed by atoms with van der Waals surface area (Å²) in [5.74, 6) is -0.675. The molecule has 0 saturated carbocycles. The number of anilines is 1. The number of nitrogens with one attached hydrogen (secondary N) is 2. The van der Waals surface area contributed by atoms with E-state index in [9.17, 15) is 14.4 Å². The van der Waals surface area contributed by atoms with Crippen LogP contribution in [0.1, 0.15) is 25.8 Å². The Morgan fingerprint density at radius 2 is 1.92 bits per heavy atom. The van der Waals surface area contributed by atoms with Gasteiger partial charge in [-0.05, 0) is 25.5 Å². The van der Waals surface area contributed by atoms with Crippen LogP contribution in [0.15, 0.2) is 23.0 Å². The van der Waals surface area contributed by atoms with Gasteiger partial charge in [-0.15, -0.1) is 0 Å². The van der Waals surface area contributed by atoms with Crippen LogP contribution in [-0.2, 0) is 16.1 Å². The maximum atomic E-state index is 13.1. The molecular weight excluding hydrogens is 334 g/mol. The number of carbonyl (C=O) groups excluding carboxylic acids is 2. The molecule has 2 fully saturated rings. The first kappa shape index (κ1) is 16.8. The second kappa shape index (κ2) is 6.60. The third-order valence-corrected chi connectivity index (χ3v) is 5.26. The summed E-state index contributed by atoms with van der Waals surface area (Å²) in [7, 11) is 0. The quantitative estimate of drug-likeness (QED) is 0.767. The lowest BCUT2D eigenvalue weighted by Gasteiger charge is -2.30. The fourth-order valence-electron chi connectivity index (χ4n) is 4.00. The van der Waals surface area contributed by atoms with E-state index in [1.54, 1.807) is 9.13 Å². The van der Waals surface area contributed by atoms with Crippen molar-refractivity contribution in [1.82, 2.24) is 19.8 Å². The first-order chi connectivity index (χ1) is 12.6. The van der Waals surface area contributed by atoms with Crippen LogP contribution in [0.5, 0.6) is 0 Å². The predicted molar refractivity (Wildman–Crippen MR) is 98.4 cm³/mol. The molecule has 8 nitrogen and oxygen atoms in total. The second-order valence-corrected chi connectivity index (χ2v) is 6.75. The molecule has 2 amide bonds. The molecule has 1 atom stereocenters. The van der Waals surface area contributed by atoms with Crippen LogP contribution in [-0.4, -0.2) is 47.1 Å². The monoisotopic (exact) mass is 357 g/mol. The molecule has 2 aliphatic heterocycles. The summed E-state index contributed by atoms with van der Waals surface area (Å²) < 4.78 is 3.29. The Morgan fingerprint density at radius 3 is 2.62 bits per heavy atom. The van der Waals surface area contributed by atoms with Gasteiger partial charge in [-0.1, -0.05) is 6.07 Å². The molecular formula is C18H23N5O3. The summed E-state index contributed by atoms with van der Waals surface area (Å²) in [5, 5.41) is 5.70. The third-order valence-electron chi connectivity index (χ3n) is 5.26. The average molecular weight is 357 g/mol. The second-order valence-electron chi connectivity index (χ2n) is 6.75. The van der Waals surface area contributed by atoms with E-state index in [1.807, 2.05) is 25.1 Å². The number of aryl methyl sites for hydroxylation is 1. The van der Waals surface area contributed by atoms with Crippen LogP contribution in [0.2, 0.25) is 0 Å². The first-order valence-corrected chi connectivity index (χ1v) is 9.15. The molecule has 4 rings (SSSR count). The lowest BCUT2D eigenvalue weighted by Crippen LogP contribution is -2.44. The molecule has 2 saturated heterocycles. The summed E-state index contributed by atoms with van der Waals surface area (Å²) in [4.78, 5) is 39.2. The van der Waals surface area contributed by atoms with E-state index in [-0.39, 0.29) is 18.0 Å². The van der Waals surface area contributed by atoms with Gasteiger partial charge < -0.3 is 10.2 Å². The molecule has 0 bridgehead atoms. The van der Waals surface area contributed by atoms with E-state index in [1.165, 1.54) is 0 Å². The Balaban J connectivity index is 1.89. The van der Waals surface area contributed by atoms with Crippen molar-refractivity contribution in [1.29, 1.82) is 0 Å². The Hall–Kier alpha value is -2.61. The van der Waals surface area contributed by atoms with Crippen molar-refractivity contribution in [2.75, 3.05) is 31.1 Å². The number of benzene rings is 1. The number of piperidine rings is 1. The van der Waals surface area contributed by atoms with Crippen LogP contribution in [0.25, 0.3) is 11.0 Å². The Bertz CT molecular complexity index is 923. The molecule has 138 valence electrons. The molecule has 0 spiro atoms. The van der Waals surface area contributed by atoms with Crippen LogP contribution >= 0.6 is 0 Å². The van der Waals surface area contributed by atoms with Gasteiger partial charge in [-0.3, -0.25) is 24.0 Å². The van der Waals surface area contributed by atoms with E-state index < -0.39 is 11.9 Å². The van der Waals surface area contributed by atoms with Crippen LogP contribution in [0.4, 0.5) is 5.69 Å². The molecule has 8 heteroatoms. The largest absolute Gasteiger partial charge is 0.367 e. The van der Waals surface area contributed by atoms with Gasteiger partial charge in [0.05, 0.1) is 16.7 Å². The van der Waals surface area contributed by atoms with E-state index in [4.69, 9.17) is 0 Å². The molecule has 1 aromatic heterocycles. The minimum atomic E-state index is -0.645. The third kappa shape index (κ3) is 2.61. The molecule has 2 aliphatic rings. The van der Waals surface area contributed by atoms with Gasteiger partial charge in [0, 0.05) is 39.1 Å². The van der Waals surface area contributed by atoms with Crippen molar-refractivity contribution in [2.45, 2.75) is 32.4 Å². The molecule has 1 aromatic carbocycles. The van der Waals surface area contributed by atoms with Gasteiger partial charge in [0.15, 0.2) is 0 Å². The van der Waals surface area contributed by atoms with Gasteiger partial charge in [0.1, 0.15) is 6.04 Å². The number of rotatable bonds is 3. The minimum absolute atomic E-state index is 0.195. The smallest absolute Gasteiger partial charge is 0.329 e. The van der Waals surface area contributed by atoms with E-state index >= 15 is 0 Å². The number of nitrogens with zero attached hydrogens (tertiary/aromatic N) is 3. The lowest BCUT2D eigenvalue weighted by atomic mass is 10.1. The van der Waals surface area contributed by atoms with E-state index in [0.717, 1.165) is 42.9 Å². The number of para-hydroxylation sites is 1. The van der Waals surface area contributed by atoms with Crippen LogP contribution in [0, 0.1) is 0 Å². The first-order valence-electron chi connectivity index (χ1n) is 9.15. The highest BCUT2D eigenvalue weighted by Gasteiger charge is 2.32. The summed E-state index contributed by atoms with van der Waals surface area (Å²) in [6, 6.07) is 5.21. The summed E-state index contributed by atoms with van der Waals surface area (Å²) >= 11 is 0. The summed E-state index contributed by atoms with van der Waals surface area (Å²) in [6.07, 6.45) is 0.602. The zero-order chi connectivity index (χ0) is 18.3. The maximum absolute atomic E-state index is 13.1. The lowest BCUT2D eigenvalue weighted by molar-refractivity contribution is -0.135. The topological polar surface area (TPSA) is 88.4 Å².